The Kier molecular flexibility index (Phi) is 4.82. The van der Waals surface area contributed by atoms with Gasteiger partial charge < -0.3 is 5.43 Å². The van der Waals surface area contributed by atoms with Crippen LogP contribution in [-0.4, -0.2) is 19.8 Å². The van der Waals surface area contributed by atoms with Gasteiger partial charge in [0, 0.05) is 34.0 Å². The van der Waals surface area contributed by atoms with Crippen LogP contribution in [-0.2, 0) is 16.6 Å². The summed E-state index contributed by atoms with van der Waals surface area (Å²) in [6.45, 7) is 0.343. The number of benzene rings is 1. The molecule has 0 saturated carbocycles. The van der Waals surface area contributed by atoms with Crippen LogP contribution in [0.15, 0.2) is 45.1 Å². The van der Waals surface area contributed by atoms with Crippen molar-refractivity contribution in [2.24, 2.45) is 5.84 Å². The molecule has 8 heteroatoms. The van der Waals surface area contributed by atoms with E-state index in [0.29, 0.717) is 12.2 Å². The number of hydrogen-bond donors (Lipinski definition) is 2. The summed E-state index contributed by atoms with van der Waals surface area (Å²) in [5.74, 6) is 5.26. The monoisotopic (exact) mass is 375 g/mol. The van der Waals surface area contributed by atoms with Gasteiger partial charge in [0.2, 0.25) is 10.0 Å². The Morgan fingerprint density at radius 2 is 2.00 bits per heavy atom. The smallest absolute Gasteiger partial charge is 0.243 e. The van der Waals surface area contributed by atoms with Crippen molar-refractivity contribution in [3.8, 4) is 0 Å². The zero-order valence-corrected chi connectivity index (χ0v) is 13.9. The number of hydrogen-bond acceptors (Lipinski definition) is 5. The van der Waals surface area contributed by atoms with E-state index in [1.165, 1.54) is 27.8 Å². The number of halogens is 1. The summed E-state index contributed by atoms with van der Waals surface area (Å²) in [7, 11) is -1.93. The quantitative estimate of drug-likeness (QED) is 0.621. The van der Waals surface area contributed by atoms with Crippen LogP contribution >= 0.6 is 27.3 Å². The zero-order chi connectivity index (χ0) is 14.8. The second-order valence-corrected chi connectivity index (χ2v) is 8.12. The van der Waals surface area contributed by atoms with E-state index in [9.17, 15) is 8.42 Å². The molecule has 0 saturated heterocycles. The molecule has 20 heavy (non-hydrogen) atoms. The van der Waals surface area contributed by atoms with Crippen molar-refractivity contribution in [1.29, 1.82) is 0 Å². The highest BCUT2D eigenvalue weighted by molar-refractivity contribution is 9.10. The first-order valence-electron chi connectivity index (χ1n) is 5.69. The summed E-state index contributed by atoms with van der Waals surface area (Å²) in [5.41, 5.74) is 3.13. The molecule has 1 heterocycles. The van der Waals surface area contributed by atoms with Crippen molar-refractivity contribution in [2.45, 2.75) is 11.4 Å². The highest BCUT2D eigenvalue weighted by atomic mass is 79.9. The molecule has 0 amide bonds. The molecule has 0 fully saturated rings. The minimum atomic E-state index is -3.50. The molecule has 1 aromatic heterocycles. The second-order valence-electron chi connectivity index (χ2n) is 4.16. The van der Waals surface area contributed by atoms with E-state index in [1.54, 1.807) is 19.2 Å². The Labute approximate surface area is 130 Å². The Morgan fingerprint density at radius 3 is 2.50 bits per heavy atom. The Morgan fingerprint density at radius 1 is 1.35 bits per heavy atom. The van der Waals surface area contributed by atoms with Gasteiger partial charge in [0.15, 0.2) is 0 Å². The van der Waals surface area contributed by atoms with Gasteiger partial charge >= 0.3 is 0 Å². The lowest BCUT2D eigenvalue weighted by Crippen LogP contribution is -2.26. The summed E-state index contributed by atoms with van der Waals surface area (Å²) < 4.78 is 27.1. The topological polar surface area (TPSA) is 75.4 Å². The molecule has 5 nitrogen and oxygen atoms in total. The predicted octanol–water partition coefficient (Wildman–Crippen LogP) is 2.62. The second kappa shape index (κ2) is 6.23. The number of nitrogens with two attached hydrogens (primary N) is 1. The third-order valence-electron chi connectivity index (χ3n) is 2.73. The molecule has 0 aliphatic heterocycles. The fourth-order valence-electron chi connectivity index (χ4n) is 1.64. The molecule has 0 radical (unpaired) electrons. The fraction of sp³-hybridized carbons (Fsp3) is 0.167. The zero-order valence-electron chi connectivity index (χ0n) is 10.7. The summed E-state index contributed by atoms with van der Waals surface area (Å²) in [6, 6.07) is 8.24. The van der Waals surface area contributed by atoms with E-state index < -0.39 is 10.0 Å². The summed E-state index contributed by atoms with van der Waals surface area (Å²) in [4.78, 5) is 1.22. The molecule has 0 aliphatic carbocycles. The lowest BCUT2D eigenvalue weighted by molar-refractivity contribution is 0.469. The van der Waals surface area contributed by atoms with Gasteiger partial charge in [0.05, 0.1) is 4.90 Å². The highest BCUT2D eigenvalue weighted by Gasteiger charge is 2.21. The van der Waals surface area contributed by atoms with E-state index in [-0.39, 0.29) is 4.90 Å². The summed E-state index contributed by atoms with van der Waals surface area (Å²) in [6.07, 6.45) is 0. The molecule has 2 rings (SSSR count). The summed E-state index contributed by atoms with van der Waals surface area (Å²) >= 11 is 4.87. The largest absolute Gasteiger partial charge is 0.324 e. The first-order valence-corrected chi connectivity index (χ1v) is 8.80. The van der Waals surface area contributed by atoms with Crippen LogP contribution in [0, 0.1) is 0 Å². The average molecular weight is 376 g/mol. The lowest BCUT2D eigenvalue weighted by atomic mass is 10.3. The van der Waals surface area contributed by atoms with Crippen LogP contribution in [0.2, 0.25) is 0 Å². The van der Waals surface area contributed by atoms with Crippen molar-refractivity contribution < 1.29 is 8.42 Å². The SMILES string of the molecule is CN(Cc1cc(Br)cs1)S(=O)(=O)c1ccc(NN)cc1. The number of nitrogens with one attached hydrogen (secondary N) is 1. The van der Waals surface area contributed by atoms with E-state index in [4.69, 9.17) is 5.84 Å². The molecule has 1 aromatic carbocycles. The standard InChI is InChI=1S/C12H14BrN3O2S2/c1-16(7-11-6-9(13)8-19-11)20(17,18)12-4-2-10(15-14)3-5-12/h2-6,8,15H,7,14H2,1H3. The lowest BCUT2D eigenvalue weighted by Gasteiger charge is -2.16. The average Bonchev–Trinajstić information content (AvgIpc) is 2.84. The van der Waals surface area contributed by atoms with Crippen LogP contribution in [0.1, 0.15) is 4.88 Å². The van der Waals surface area contributed by atoms with Gasteiger partial charge in [-0.2, -0.15) is 4.31 Å². The van der Waals surface area contributed by atoms with Gasteiger partial charge in [-0.1, -0.05) is 0 Å². The number of nitrogens with zero attached hydrogens (tertiary/aromatic N) is 1. The molecular formula is C12H14BrN3O2S2. The van der Waals surface area contributed by atoms with Crippen LogP contribution in [0.25, 0.3) is 0 Å². The van der Waals surface area contributed by atoms with Crippen LogP contribution in [0.4, 0.5) is 5.69 Å². The van der Waals surface area contributed by atoms with Crippen LogP contribution in [0.5, 0.6) is 0 Å². The van der Waals surface area contributed by atoms with Crippen LogP contribution in [0.3, 0.4) is 0 Å². The first-order chi connectivity index (χ1) is 9.43. The van der Waals surface area contributed by atoms with Gasteiger partial charge in [-0.15, -0.1) is 11.3 Å². The van der Waals surface area contributed by atoms with Crippen molar-refractivity contribution in [3.05, 3.63) is 45.1 Å². The molecule has 0 bridgehead atoms. The van der Waals surface area contributed by atoms with Crippen molar-refractivity contribution >= 4 is 43.0 Å². The third kappa shape index (κ3) is 3.39. The van der Waals surface area contributed by atoms with Crippen molar-refractivity contribution in [2.75, 3.05) is 12.5 Å². The Bertz CT molecular complexity index is 683. The molecule has 3 N–H and O–H groups in total. The van der Waals surface area contributed by atoms with E-state index in [2.05, 4.69) is 21.4 Å². The maximum absolute atomic E-state index is 12.4. The molecule has 108 valence electrons. The van der Waals surface area contributed by atoms with Gasteiger partial charge in [-0.05, 0) is 46.3 Å². The predicted molar refractivity (Wildman–Crippen MR) is 84.9 cm³/mol. The minimum Gasteiger partial charge on any atom is -0.324 e. The molecule has 2 aromatic rings. The number of nitrogen functional groups attached to an aromatic ring is 1. The summed E-state index contributed by atoms with van der Waals surface area (Å²) in [5, 5.41) is 1.93. The Balaban J connectivity index is 2.19. The molecule has 0 unspecified atom stereocenters. The van der Waals surface area contributed by atoms with Crippen molar-refractivity contribution in [1.82, 2.24) is 4.31 Å². The highest BCUT2D eigenvalue weighted by Crippen LogP contribution is 2.24. The van der Waals surface area contributed by atoms with Gasteiger partial charge in [0.25, 0.3) is 0 Å². The first kappa shape index (κ1) is 15.5. The van der Waals surface area contributed by atoms with E-state index in [1.807, 2.05) is 11.4 Å². The minimum absolute atomic E-state index is 0.245. The number of hydrazine groups is 1. The van der Waals surface area contributed by atoms with Gasteiger partial charge in [-0.25, -0.2) is 8.42 Å². The van der Waals surface area contributed by atoms with Crippen molar-refractivity contribution in [3.63, 3.8) is 0 Å². The van der Waals surface area contributed by atoms with Crippen LogP contribution < -0.4 is 11.3 Å². The molecular weight excluding hydrogens is 362 g/mol. The van der Waals surface area contributed by atoms with E-state index >= 15 is 0 Å². The number of anilines is 1. The number of sulfonamides is 1. The Hall–Kier alpha value is -0.930. The molecule has 0 atom stereocenters. The molecule has 0 spiro atoms. The van der Waals surface area contributed by atoms with E-state index in [0.717, 1.165) is 9.35 Å². The fourth-order valence-corrected chi connectivity index (χ4v) is 4.38. The maximum Gasteiger partial charge on any atom is 0.243 e. The number of rotatable bonds is 5. The normalized spacial score (nSPS) is 11.8. The number of thiophene rings is 1. The molecule has 0 aliphatic rings. The van der Waals surface area contributed by atoms with Gasteiger partial charge in [0.1, 0.15) is 0 Å². The maximum atomic E-state index is 12.4. The third-order valence-corrected chi connectivity index (χ3v) is 6.23. The van der Waals surface area contributed by atoms with Gasteiger partial charge in [-0.3, -0.25) is 5.84 Å².